The zero-order chi connectivity index (χ0) is 20.3. The van der Waals surface area contributed by atoms with Crippen molar-refractivity contribution < 1.29 is 17.6 Å². The number of rotatable bonds is 5. The molecule has 0 atom stereocenters. The van der Waals surface area contributed by atoms with E-state index in [0.29, 0.717) is 0 Å². The van der Waals surface area contributed by atoms with Crippen molar-refractivity contribution >= 4 is 50.5 Å². The minimum absolute atomic E-state index is 0.0540. The molecule has 0 saturated heterocycles. The third-order valence-corrected chi connectivity index (χ3v) is 5.70. The number of hydrogen-bond donors (Lipinski definition) is 2. The number of sulfonamides is 1. The van der Waals surface area contributed by atoms with Crippen LogP contribution in [0.2, 0.25) is 10.0 Å². The summed E-state index contributed by atoms with van der Waals surface area (Å²) in [5, 5.41) is 2.74. The van der Waals surface area contributed by atoms with Crippen molar-refractivity contribution in [3.8, 4) is 0 Å². The normalized spacial score (nSPS) is 11.1. The molecule has 0 bridgehead atoms. The Balaban J connectivity index is 1.83. The summed E-state index contributed by atoms with van der Waals surface area (Å²) in [7, 11) is -3.93. The van der Waals surface area contributed by atoms with Crippen molar-refractivity contribution in [2.45, 2.75) is 4.90 Å². The summed E-state index contributed by atoms with van der Waals surface area (Å²) in [5.74, 6) is -1.17. The van der Waals surface area contributed by atoms with E-state index in [1.807, 2.05) is 0 Å². The quantitative estimate of drug-likeness (QED) is 0.575. The lowest BCUT2D eigenvalue weighted by Gasteiger charge is -2.11. The third kappa shape index (κ3) is 4.62. The monoisotopic (exact) mass is 438 g/mol. The van der Waals surface area contributed by atoms with Gasteiger partial charge in [0.1, 0.15) is 5.82 Å². The predicted octanol–water partition coefficient (Wildman–Crippen LogP) is 5.19. The third-order valence-electron chi connectivity index (χ3n) is 3.70. The molecule has 0 unspecified atom stereocenters. The first-order valence-electron chi connectivity index (χ1n) is 7.90. The Morgan fingerprint density at radius 1 is 0.893 bits per heavy atom. The number of benzene rings is 3. The molecule has 0 aliphatic heterocycles. The number of anilines is 2. The van der Waals surface area contributed by atoms with Crippen LogP contribution in [-0.4, -0.2) is 14.3 Å². The summed E-state index contributed by atoms with van der Waals surface area (Å²) in [6.45, 7) is 0. The SMILES string of the molecule is O=C(Nc1cccc(S(=O)(=O)Nc2ccccc2Cl)c1)c1ccc(F)cc1Cl. The first-order chi connectivity index (χ1) is 13.3. The van der Waals surface area contributed by atoms with Crippen molar-refractivity contribution in [2.75, 3.05) is 10.0 Å². The van der Waals surface area contributed by atoms with Crippen LogP contribution in [0.5, 0.6) is 0 Å². The van der Waals surface area contributed by atoms with Gasteiger partial charge in [0.15, 0.2) is 0 Å². The van der Waals surface area contributed by atoms with Crippen LogP contribution in [0.1, 0.15) is 10.4 Å². The molecule has 0 aliphatic rings. The standard InChI is InChI=1S/C19H13Cl2FN2O3S/c20-16-6-1-2-7-18(16)24-28(26,27)14-5-3-4-13(11-14)23-19(25)15-9-8-12(22)10-17(15)21/h1-11,24H,(H,23,25). The summed E-state index contributed by atoms with van der Waals surface area (Å²) in [6, 6.07) is 15.4. The molecule has 3 rings (SSSR count). The number of hydrogen-bond acceptors (Lipinski definition) is 3. The van der Waals surface area contributed by atoms with E-state index < -0.39 is 21.7 Å². The molecular formula is C19H13Cl2FN2O3S. The van der Waals surface area contributed by atoms with Gasteiger partial charge in [0.25, 0.3) is 15.9 Å². The molecule has 0 radical (unpaired) electrons. The highest BCUT2D eigenvalue weighted by molar-refractivity contribution is 7.92. The van der Waals surface area contributed by atoms with Crippen LogP contribution in [0.15, 0.2) is 71.6 Å². The number of carbonyl (C=O) groups is 1. The number of amides is 1. The Morgan fingerprint density at radius 3 is 2.36 bits per heavy atom. The highest BCUT2D eigenvalue weighted by Crippen LogP contribution is 2.25. The first kappa shape index (κ1) is 20.1. The number of nitrogens with one attached hydrogen (secondary N) is 2. The van der Waals surface area contributed by atoms with Gasteiger partial charge < -0.3 is 5.32 Å². The summed E-state index contributed by atoms with van der Waals surface area (Å²) in [5.41, 5.74) is 0.523. The maximum Gasteiger partial charge on any atom is 0.262 e. The molecule has 0 aliphatic carbocycles. The molecule has 3 aromatic carbocycles. The maximum absolute atomic E-state index is 13.1. The highest BCUT2D eigenvalue weighted by atomic mass is 35.5. The fourth-order valence-electron chi connectivity index (χ4n) is 2.36. The zero-order valence-electron chi connectivity index (χ0n) is 14.1. The molecule has 1 amide bonds. The second-order valence-corrected chi connectivity index (χ2v) is 8.19. The maximum atomic E-state index is 13.1. The molecule has 0 fully saturated rings. The summed E-state index contributed by atoms with van der Waals surface area (Å²) in [6.07, 6.45) is 0. The average molecular weight is 439 g/mol. The molecule has 0 saturated carbocycles. The van der Waals surface area contributed by atoms with Crippen molar-refractivity contribution in [1.29, 1.82) is 0 Å². The Labute approximate surface area is 171 Å². The fourth-order valence-corrected chi connectivity index (χ4v) is 3.98. The second kappa shape index (κ2) is 8.18. The van der Waals surface area contributed by atoms with Gasteiger partial charge in [-0.3, -0.25) is 9.52 Å². The van der Waals surface area contributed by atoms with Crippen LogP contribution in [-0.2, 0) is 10.0 Å². The van der Waals surface area contributed by atoms with Crippen LogP contribution in [0.3, 0.4) is 0 Å². The molecule has 28 heavy (non-hydrogen) atoms. The summed E-state index contributed by atoms with van der Waals surface area (Å²) < 4.78 is 40.7. The van der Waals surface area contributed by atoms with E-state index in [1.54, 1.807) is 18.2 Å². The van der Waals surface area contributed by atoms with Gasteiger partial charge in [-0.2, -0.15) is 0 Å². The van der Waals surface area contributed by atoms with E-state index in [4.69, 9.17) is 23.2 Å². The molecule has 5 nitrogen and oxygen atoms in total. The second-order valence-electron chi connectivity index (χ2n) is 5.69. The number of carbonyl (C=O) groups excluding carboxylic acids is 1. The van der Waals surface area contributed by atoms with E-state index in [-0.39, 0.29) is 31.9 Å². The Morgan fingerprint density at radius 2 is 1.64 bits per heavy atom. The lowest BCUT2D eigenvalue weighted by molar-refractivity contribution is 0.102. The average Bonchev–Trinajstić information content (AvgIpc) is 2.63. The molecule has 0 spiro atoms. The van der Waals surface area contributed by atoms with Gasteiger partial charge >= 0.3 is 0 Å². The molecule has 2 N–H and O–H groups in total. The lowest BCUT2D eigenvalue weighted by Crippen LogP contribution is -2.15. The Bertz CT molecular complexity index is 1150. The topological polar surface area (TPSA) is 75.3 Å². The van der Waals surface area contributed by atoms with E-state index in [0.717, 1.165) is 12.1 Å². The van der Waals surface area contributed by atoms with Crippen LogP contribution >= 0.6 is 23.2 Å². The molecular weight excluding hydrogens is 426 g/mol. The van der Waals surface area contributed by atoms with Crippen LogP contribution in [0, 0.1) is 5.82 Å². The van der Waals surface area contributed by atoms with Gasteiger partial charge in [0, 0.05) is 5.69 Å². The van der Waals surface area contributed by atoms with Crippen LogP contribution in [0.4, 0.5) is 15.8 Å². The van der Waals surface area contributed by atoms with E-state index in [1.165, 1.54) is 36.4 Å². The smallest absolute Gasteiger partial charge is 0.262 e. The Hall–Kier alpha value is -2.61. The van der Waals surface area contributed by atoms with Gasteiger partial charge in [-0.25, -0.2) is 12.8 Å². The van der Waals surface area contributed by atoms with Gasteiger partial charge in [0.05, 0.1) is 26.2 Å². The van der Waals surface area contributed by atoms with Gasteiger partial charge in [0.2, 0.25) is 0 Å². The Kier molecular flexibility index (Phi) is 5.88. The van der Waals surface area contributed by atoms with Crippen molar-refractivity contribution in [3.63, 3.8) is 0 Å². The van der Waals surface area contributed by atoms with E-state index >= 15 is 0 Å². The minimum atomic E-state index is -3.93. The first-order valence-corrected chi connectivity index (χ1v) is 10.1. The molecule has 144 valence electrons. The van der Waals surface area contributed by atoms with Gasteiger partial charge in [-0.05, 0) is 48.5 Å². The highest BCUT2D eigenvalue weighted by Gasteiger charge is 2.17. The van der Waals surface area contributed by atoms with E-state index in [9.17, 15) is 17.6 Å². The fraction of sp³-hybridized carbons (Fsp3) is 0. The van der Waals surface area contributed by atoms with Gasteiger partial charge in [-0.15, -0.1) is 0 Å². The van der Waals surface area contributed by atoms with Crippen LogP contribution in [0.25, 0.3) is 0 Å². The zero-order valence-corrected chi connectivity index (χ0v) is 16.4. The predicted molar refractivity (Wildman–Crippen MR) is 108 cm³/mol. The van der Waals surface area contributed by atoms with Gasteiger partial charge in [-0.1, -0.05) is 41.4 Å². The van der Waals surface area contributed by atoms with Crippen molar-refractivity contribution in [2.24, 2.45) is 0 Å². The number of para-hydroxylation sites is 1. The van der Waals surface area contributed by atoms with E-state index in [2.05, 4.69) is 10.0 Å². The summed E-state index contributed by atoms with van der Waals surface area (Å²) in [4.78, 5) is 12.3. The largest absolute Gasteiger partial charge is 0.322 e. The van der Waals surface area contributed by atoms with Crippen molar-refractivity contribution in [3.05, 3.63) is 88.2 Å². The lowest BCUT2D eigenvalue weighted by atomic mass is 10.2. The molecule has 9 heteroatoms. The molecule has 0 aromatic heterocycles. The number of halogens is 3. The molecule has 0 heterocycles. The minimum Gasteiger partial charge on any atom is -0.322 e. The molecule has 3 aromatic rings. The summed E-state index contributed by atoms with van der Waals surface area (Å²) >= 11 is 11.9. The van der Waals surface area contributed by atoms with Crippen LogP contribution < -0.4 is 10.0 Å². The van der Waals surface area contributed by atoms with Crippen molar-refractivity contribution in [1.82, 2.24) is 0 Å².